The molecule has 0 bridgehead atoms. The van der Waals surface area contributed by atoms with Crippen LogP contribution in [0, 0.1) is 5.92 Å². The van der Waals surface area contributed by atoms with Gasteiger partial charge < -0.3 is 29.6 Å². The van der Waals surface area contributed by atoms with Crippen molar-refractivity contribution < 1.29 is 28.5 Å². The third kappa shape index (κ3) is 5.44. The van der Waals surface area contributed by atoms with Crippen molar-refractivity contribution in [3.8, 4) is 0 Å². The Kier molecular flexibility index (Phi) is 7.60. The van der Waals surface area contributed by atoms with E-state index in [1.54, 1.807) is 7.11 Å². The van der Waals surface area contributed by atoms with Crippen LogP contribution in [-0.4, -0.2) is 67.3 Å². The Morgan fingerprint density at radius 1 is 1.09 bits per heavy atom. The number of alkyl carbamates (subject to hydrolysis) is 1. The Labute approximate surface area is 203 Å². The molecular formula is C26H42N2O6. The van der Waals surface area contributed by atoms with Crippen molar-refractivity contribution in [3.63, 3.8) is 0 Å². The summed E-state index contributed by atoms with van der Waals surface area (Å²) in [5.41, 5.74) is 0.706. The maximum atomic E-state index is 12.8. The number of rotatable bonds is 8. The normalized spacial score (nSPS) is 40.9. The standard InChI is InChI=1S/C26H42N2O6/c1-6-21(29)27-17-8-10-18(11-9-17)28-24(30)33-19-13-14-26(15-32-26)23(22(19)31-5)25(4)20(34-25)12-7-16(2)3/h7,17-20,22-23H,6,8-15H2,1-5H3,(H,27,29)(H,28,30)/t17-,18-,19?,20-,22?,23?,25+,26+/m1/s1. The fourth-order valence-electron chi connectivity index (χ4n) is 6.12. The monoisotopic (exact) mass is 478 g/mol. The van der Waals surface area contributed by atoms with Gasteiger partial charge >= 0.3 is 6.09 Å². The number of ether oxygens (including phenoxy) is 4. The first-order valence-electron chi connectivity index (χ1n) is 12.9. The highest BCUT2D eigenvalue weighted by atomic mass is 16.6. The number of hydrogen-bond donors (Lipinski definition) is 2. The minimum absolute atomic E-state index is 0.0183. The molecule has 2 saturated heterocycles. The van der Waals surface area contributed by atoms with Crippen LogP contribution in [-0.2, 0) is 23.7 Å². The van der Waals surface area contributed by atoms with Gasteiger partial charge in [-0.15, -0.1) is 0 Å². The molecule has 6 atom stereocenters. The maximum absolute atomic E-state index is 12.8. The first-order valence-corrected chi connectivity index (χ1v) is 12.9. The summed E-state index contributed by atoms with van der Waals surface area (Å²) in [6.45, 7) is 8.91. The van der Waals surface area contributed by atoms with Gasteiger partial charge in [0.25, 0.3) is 0 Å². The minimum Gasteiger partial charge on any atom is -0.443 e. The molecule has 2 N–H and O–H groups in total. The van der Waals surface area contributed by atoms with E-state index in [2.05, 4.69) is 37.5 Å². The van der Waals surface area contributed by atoms with E-state index in [-0.39, 0.29) is 59.5 Å². The Bertz CT molecular complexity index is 784. The molecule has 3 unspecified atom stereocenters. The molecule has 4 fully saturated rings. The molecular weight excluding hydrogens is 436 g/mol. The lowest BCUT2D eigenvalue weighted by molar-refractivity contribution is -0.121. The third-order valence-corrected chi connectivity index (χ3v) is 8.23. The highest BCUT2D eigenvalue weighted by molar-refractivity contribution is 5.75. The first kappa shape index (κ1) is 25.5. The van der Waals surface area contributed by atoms with Crippen LogP contribution in [0.2, 0.25) is 0 Å². The Hall–Kier alpha value is -1.64. The summed E-state index contributed by atoms with van der Waals surface area (Å²) in [5.74, 6) is 0.104. The van der Waals surface area contributed by atoms with Crippen LogP contribution in [0.3, 0.4) is 0 Å². The van der Waals surface area contributed by atoms with E-state index in [0.29, 0.717) is 19.4 Å². The number of carbonyl (C=O) groups is 2. The van der Waals surface area contributed by atoms with E-state index in [9.17, 15) is 9.59 Å². The van der Waals surface area contributed by atoms with Crippen molar-refractivity contribution in [3.05, 3.63) is 11.6 Å². The topological polar surface area (TPSA) is 102 Å². The molecule has 0 aromatic rings. The molecule has 8 nitrogen and oxygen atoms in total. The second-order valence-corrected chi connectivity index (χ2v) is 10.9. The molecule has 0 radical (unpaired) electrons. The fourth-order valence-corrected chi connectivity index (χ4v) is 6.12. The number of amides is 2. The van der Waals surface area contributed by atoms with Gasteiger partial charge in [-0.05, 0) is 65.7 Å². The number of carbonyl (C=O) groups excluding carboxylic acids is 2. The predicted octanol–water partition coefficient (Wildman–Crippen LogP) is 3.63. The molecule has 0 aromatic heterocycles. The van der Waals surface area contributed by atoms with E-state index in [0.717, 1.165) is 38.5 Å². The van der Waals surface area contributed by atoms with Gasteiger partial charge in [0.15, 0.2) is 0 Å². The second-order valence-electron chi connectivity index (χ2n) is 10.9. The highest BCUT2D eigenvalue weighted by Gasteiger charge is 2.72. The number of epoxide rings is 2. The van der Waals surface area contributed by atoms with Crippen LogP contribution >= 0.6 is 0 Å². The second kappa shape index (κ2) is 10.2. The average molecular weight is 479 g/mol. The zero-order chi connectivity index (χ0) is 24.5. The van der Waals surface area contributed by atoms with Crippen molar-refractivity contribution in [2.45, 2.75) is 121 Å². The number of nitrogens with one attached hydrogen (secondary N) is 2. The van der Waals surface area contributed by atoms with Crippen LogP contribution in [0.1, 0.15) is 79.1 Å². The van der Waals surface area contributed by atoms with Crippen LogP contribution in [0.25, 0.3) is 0 Å². The number of methoxy groups -OCH3 is 1. The maximum Gasteiger partial charge on any atom is 0.407 e. The van der Waals surface area contributed by atoms with E-state index < -0.39 is 0 Å². The van der Waals surface area contributed by atoms with Gasteiger partial charge in [-0.25, -0.2) is 4.79 Å². The van der Waals surface area contributed by atoms with Gasteiger partial charge in [0.2, 0.25) is 5.91 Å². The van der Waals surface area contributed by atoms with Crippen molar-refractivity contribution >= 4 is 12.0 Å². The largest absolute Gasteiger partial charge is 0.443 e. The molecule has 2 aliphatic carbocycles. The van der Waals surface area contributed by atoms with Gasteiger partial charge in [-0.1, -0.05) is 18.6 Å². The molecule has 2 aliphatic heterocycles. The van der Waals surface area contributed by atoms with E-state index in [4.69, 9.17) is 18.9 Å². The van der Waals surface area contributed by atoms with Gasteiger partial charge in [-0.3, -0.25) is 4.79 Å². The smallest absolute Gasteiger partial charge is 0.407 e. The molecule has 2 saturated carbocycles. The summed E-state index contributed by atoms with van der Waals surface area (Å²) in [7, 11) is 1.69. The molecule has 0 aromatic carbocycles. The lowest BCUT2D eigenvalue weighted by atomic mass is 9.68. The third-order valence-electron chi connectivity index (χ3n) is 8.23. The van der Waals surface area contributed by atoms with Gasteiger partial charge in [0, 0.05) is 25.6 Å². The van der Waals surface area contributed by atoms with Crippen LogP contribution in [0.15, 0.2) is 11.6 Å². The summed E-state index contributed by atoms with van der Waals surface area (Å²) in [5, 5.41) is 6.10. The van der Waals surface area contributed by atoms with Gasteiger partial charge in [0.05, 0.1) is 18.6 Å². The molecule has 4 rings (SSSR count). The quantitative estimate of drug-likeness (QED) is 0.408. The molecule has 192 valence electrons. The van der Waals surface area contributed by atoms with Crippen LogP contribution < -0.4 is 10.6 Å². The van der Waals surface area contributed by atoms with E-state index in [1.165, 1.54) is 5.57 Å². The average Bonchev–Trinajstić information content (AvgIpc) is 3.72. The summed E-state index contributed by atoms with van der Waals surface area (Å²) < 4.78 is 24.1. The molecule has 8 heteroatoms. The van der Waals surface area contributed by atoms with Crippen molar-refractivity contribution in [2.24, 2.45) is 5.92 Å². The summed E-state index contributed by atoms with van der Waals surface area (Å²) in [6.07, 6.45) is 7.66. The number of hydrogen-bond acceptors (Lipinski definition) is 6. The zero-order valence-corrected chi connectivity index (χ0v) is 21.4. The molecule has 4 aliphatic rings. The molecule has 1 spiro atoms. The van der Waals surface area contributed by atoms with Gasteiger partial charge in [-0.2, -0.15) is 0 Å². The first-order chi connectivity index (χ1) is 16.2. The highest BCUT2D eigenvalue weighted by Crippen LogP contribution is 2.59. The van der Waals surface area contributed by atoms with Gasteiger partial charge in [0.1, 0.15) is 23.4 Å². The Morgan fingerprint density at radius 3 is 2.29 bits per heavy atom. The molecule has 34 heavy (non-hydrogen) atoms. The SMILES string of the molecule is CCC(=O)N[C@H]1CC[C@H](NC(=O)OC2CC[C@]3(CO3)C([C@@]3(C)O[C@@H]3CC=C(C)C)C2OC)CC1. The summed E-state index contributed by atoms with van der Waals surface area (Å²) in [6, 6.07) is 0.269. The lowest BCUT2D eigenvalue weighted by Crippen LogP contribution is -2.56. The lowest BCUT2D eigenvalue weighted by Gasteiger charge is -2.42. The van der Waals surface area contributed by atoms with E-state index >= 15 is 0 Å². The van der Waals surface area contributed by atoms with Crippen LogP contribution in [0.4, 0.5) is 4.79 Å². The van der Waals surface area contributed by atoms with Crippen molar-refractivity contribution in [2.75, 3.05) is 13.7 Å². The minimum atomic E-state index is -0.387. The fraction of sp³-hybridized carbons (Fsp3) is 0.846. The van der Waals surface area contributed by atoms with E-state index in [1.807, 2.05) is 6.92 Å². The Balaban J connectivity index is 1.32. The summed E-state index contributed by atoms with van der Waals surface area (Å²) >= 11 is 0. The molecule has 2 amide bonds. The summed E-state index contributed by atoms with van der Waals surface area (Å²) in [4.78, 5) is 24.4. The van der Waals surface area contributed by atoms with Crippen molar-refractivity contribution in [1.29, 1.82) is 0 Å². The number of allylic oxidation sites excluding steroid dienone is 1. The molecule has 2 heterocycles. The zero-order valence-electron chi connectivity index (χ0n) is 21.4. The Morgan fingerprint density at radius 2 is 1.74 bits per heavy atom. The van der Waals surface area contributed by atoms with Crippen molar-refractivity contribution in [1.82, 2.24) is 10.6 Å². The van der Waals surface area contributed by atoms with Crippen LogP contribution in [0.5, 0.6) is 0 Å². The predicted molar refractivity (Wildman–Crippen MR) is 127 cm³/mol.